The molecular weight excluding hydrogens is 264 g/mol. The summed E-state index contributed by atoms with van der Waals surface area (Å²) < 4.78 is 0. The van der Waals surface area contributed by atoms with Crippen molar-refractivity contribution in [1.82, 2.24) is 9.97 Å². The molecule has 0 aromatic carbocycles. The van der Waals surface area contributed by atoms with Crippen molar-refractivity contribution in [2.45, 2.75) is 27.7 Å². The standard InChI is InChI=1S/C16H20N4O/c1-5-17-14-8-11(3)18-9-13(14)16(21)20-15-7-10(2)6-12(4)19-15/h6-9H,5H2,1-4H3,(H,17,18)(H,19,20,21). The maximum Gasteiger partial charge on any atom is 0.260 e. The predicted molar refractivity (Wildman–Crippen MR) is 84.8 cm³/mol. The number of rotatable bonds is 4. The van der Waals surface area contributed by atoms with E-state index in [0.29, 0.717) is 11.4 Å². The predicted octanol–water partition coefficient (Wildman–Crippen LogP) is 3.09. The second-order valence-electron chi connectivity index (χ2n) is 5.03. The number of hydrogen-bond donors (Lipinski definition) is 2. The van der Waals surface area contributed by atoms with Gasteiger partial charge < -0.3 is 10.6 Å². The van der Waals surface area contributed by atoms with Gasteiger partial charge in [-0.1, -0.05) is 0 Å². The minimum atomic E-state index is -0.212. The van der Waals surface area contributed by atoms with Crippen LogP contribution in [0.4, 0.5) is 11.5 Å². The molecule has 110 valence electrons. The van der Waals surface area contributed by atoms with Crippen molar-refractivity contribution in [3.8, 4) is 0 Å². The molecule has 5 nitrogen and oxygen atoms in total. The largest absolute Gasteiger partial charge is 0.385 e. The highest BCUT2D eigenvalue weighted by atomic mass is 16.1. The number of pyridine rings is 2. The van der Waals surface area contributed by atoms with Crippen molar-refractivity contribution in [2.24, 2.45) is 0 Å². The molecule has 2 aromatic rings. The minimum Gasteiger partial charge on any atom is -0.385 e. The second-order valence-corrected chi connectivity index (χ2v) is 5.03. The van der Waals surface area contributed by atoms with Gasteiger partial charge in [-0.15, -0.1) is 0 Å². The Labute approximate surface area is 124 Å². The smallest absolute Gasteiger partial charge is 0.260 e. The van der Waals surface area contributed by atoms with E-state index in [1.54, 1.807) is 6.20 Å². The van der Waals surface area contributed by atoms with Gasteiger partial charge in [-0.3, -0.25) is 9.78 Å². The maximum atomic E-state index is 12.4. The van der Waals surface area contributed by atoms with E-state index in [2.05, 4.69) is 20.6 Å². The number of amides is 1. The molecule has 0 aliphatic carbocycles. The Bertz CT molecular complexity index is 647. The molecule has 0 fully saturated rings. The van der Waals surface area contributed by atoms with E-state index < -0.39 is 0 Å². The molecule has 0 unspecified atom stereocenters. The van der Waals surface area contributed by atoms with Gasteiger partial charge in [0.2, 0.25) is 0 Å². The first-order valence-electron chi connectivity index (χ1n) is 6.96. The number of carbonyl (C=O) groups excluding carboxylic acids is 1. The van der Waals surface area contributed by atoms with Crippen molar-refractivity contribution in [3.05, 3.63) is 46.9 Å². The summed E-state index contributed by atoms with van der Waals surface area (Å²) in [5.41, 5.74) is 4.10. The zero-order valence-electron chi connectivity index (χ0n) is 12.8. The van der Waals surface area contributed by atoms with E-state index in [9.17, 15) is 4.79 Å². The van der Waals surface area contributed by atoms with Crippen molar-refractivity contribution < 1.29 is 4.79 Å². The van der Waals surface area contributed by atoms with Crippen LogP contribution in [-0.4, -0.2) is 22.4 Å². The van der Waals surface area contributed by atoms with Crippen LogP contribution in [0.15, 0.2) is 24.4 Å². The van der Waals surface area contributed by atoms with Crippen LogP contribution in [0, 0.1) is 20.8 Å². The fourth-order valence-electron chi connectivity index (χ4n) is 2.17. The van der Waals surface area contributed by atoms with E-state index in [0.717, 1.165) is 29.2 Å². The van der Waals surface area contributed by atoms with Crippen LogP contribution < -0.4 is 10.6 Å². The molecule has 2 heterocycles. The highest BCUT2D eigenvalue weighted by Gasteiger charge is 2.13. The van der Waals surface area contributed by atoms with Gasteiger partial charge in [0.25, 0.3) is 5.91 Å². The fraction of sp³-hybridized carbons (Fsp3) is 0.312. The van der Waals surface area contributed by atoms with Gasteiger partial charge in [0.1, 0.15) is 5.82 Å². The summed E-state index contributed by atoms with van der Waals surface area (Å²) in [6.45, 7) is 8.50. The number of aryl methyl sites for hydroxylation is 3. The summed E-state index contributed by atoms with van der Waals surface area (Å²) >= 11 is 0. The molecule has 0 bridgehead atoms. The van der Waals surface area contributed by atoms with Gasteiger partial charge >= 0.3 is 0 Å². The lowest BCUT2D eigenvalue weighted by atomic mass is 10.2. The lowest BCUT2D eigenvalue weighted by Crippen LogP contribution is -2.16. The molecule has 0 aliphatic heterocycles. The Hall–Kier alpha value is -2.43. The zero-order chi connectivity index (χ0) is 15.4. The number of nitrogens with one attached hydrogen (secondary N) is 2. The van der Waals surface area contributed by atoms with Gasteiger partial charge in [-0.25, -0.2) is 4.98 Å². The maximum absolute atomic E-state index is 12.4. The number of hydrogen-bond acceptors (Lipinski definition) is 4. The molecule has 0 saturated carbocycles. The molecule has 5 heteroatoms. The van der Waals surface area contributed by atoms with Crippen LogP contribution in [0.3, 0.4) is 0 Å². The lowest BCUT2D eigenvalue weighted by Gasteiger charge is -2.11. The molecule has 0 spiro atoms. The van der Waals surface area contributed by atoms with Crippen LogP contribution in [0.1, 0.15) is 34.2 Å². The Morgan fingerprint density at radius 1 is 1.14 bits per heavy atom. The molecule has 0 aliphatic rings. The zero-order valence-corrected chi connectivity index (χ0v) is 12.8. The normalized spacial score (nSPS) is 10.3. The van der Waals surface area contributed by atoms with Crippen LogP contribution in [0.25, 0.3) is 0 Å². The van der Waals surface area contributed by atoms with Crippen molar-refractivity contribution in [3.63, 3.8) is 0 Å². The molecule has 0 radical (unpaired) electrons. The highest BCUT2D eigenvalue weighted by Crippen LogP contribution is 2.18. The van der Waals surface area contributed by atoms with Gasteiger partial charge in [-0.2, -0.15) is 0 Å². The molecule has 21 heavy (non-hydrogen) atoms. The molecule has 0 saturated heterocycles. The van der Waals surface area contributed by atoms with Gasteiger partial charge in [0.15, 0.2) is 0 Å². The average molecular weight is 284 g/mol. The van der Waals surface area contributed by atoms with Crippen LogP contribution in [-0.2, 0) is 0 Å². The SMILES string of the molecule is CCNc1cc(C)ncc1C(=O)Nc1cc(C)cc(C)n1. The first kappa shape index (κ1) is 15.0. The first-order chi connectivity index (χ1) is 9.99. The van der Waals surface area contributed by atoms with E-state index in [-0.39, 0.29) is 5.91 Å². The monoisotopic (exact) mass is 284 g/mol. The van der Waals surface area contributed by atoms with Crippen LogP contribution in [0.5, 0.6) is 0 Å². The Balaban J connectivity index is 2.27. The Morgan fingerprint density at radius 2 is 1.90 bits per heavy atom. The molecular formula is C16H20N4O. The van der Waals surface area contributed by atoms with Crippen molar-refractivity contribution in [2.75, 3.05) is 17.2 Å². The number of carbonyl (C=O) groups is 1. The number of aromatic nitrogens is 2. The van der Waals surface area contributed by atoms with Crippen molar-refractivity contribution in [1.29, 1.82) is 0 Å². The van der Waals surface area contributed by atoms with E-state index in [4.69, 9.17) is 0 Å². The van der Waals surface area contributed by atoms with E-state index in [1.807, 2.05) is 45.9 Å². The quantitative estimate of drug-likeness (QED) is 0.905. The Morgan fingerprint density at radius 3 is 2.57 bits per heavy atom. The summed E-state index contributed by atoms with van der Waals surface area (Å²) in [6, 6.07) is 5.68. The summed E-state index contributed by atoms with van der Waals surface area (Å²) in [6.07, 6.45) is 1.59. The third kappa shape index (κ3) is 3.78. The molecule has 2 aromatic heterocycles. The summed E-state index contributed by atoms with van der Waals surface area (Å²) in [5, 5.41) is 6.01. The molecule has 0 atom stereocenters. The molecule has 2 N–H and O–H groups in total. The minimum absolute atomic E-state index is 0.212. The molecule has 2 rings (SSSR count). The molecule has 1 amide bonds. The lowest BCUT2D eigenvalue weighted by molar-refractivity contribution is 0.102. The van der Waals surface area contributed by atoms with Crippen LogP contribution >= 0.6 is 0 Å². The van der Waals surface area contributed by atoms with Gasteiger partial charge in [0, 0.05) is 24.1 Å². The highest BCUT2D eigenvalue weighted by molar-refractivity contribution is 6.07. The van der Waals surface area contributed by atoms with Gasteiger partial charge in [0.05, 0.1) is 11.3 Å². The third-order valence-corrected chi connectivity index (χ3v) is 2.99. The number of anilines is 2. The topological polar surface area (TPSA) is 66.9 Å². The summed E-state index contributed by atoms with van der Waals surface area (Å²) in [4.78, 5) is 20.9. The van der Waals surface area contributed by atoms with E-state index in [1.165, 1.54) is 0 Å². The van der Waals surface area contributed by atoms with Gasteiger partial charge in [-0.05, 0) is 51.5 Å². The number of nitrogens with zero attached hydrogens (tertiary/aromatic N) is 2. The summed E-state index contributed by atoms with van der Waals surface area (Å²) in [7, 11) is 0. The average Bonchev–Trinajstić information content (AvgIpc) is 2.37. The van der Waals surface area contributed by atoms with E-state index >= 15 is 0 Å². The first-order valence-corrected chi connectivity index (χ1v) is 6.96. The Kier molecular flexibility index (Phi) is 4.52. The fourth-order valence-corrected chi connectivity index (χ4v) is 2.17. The van der Waals surface area contributed by atoms with Crippen molar-refractivity contribution >= 4 is 17.4 Å². The second kappa shape index (κ2) is 6.35. The third-order valence-electron chi connectivity index (χ3n) is 2.99. The van der Waals surface area contributed by atoms with Crippen LogP contribution in [0.2, 0.25) is 0 Å². The summed E-state index contributed by atoms with van der Waals surface area (Å²) in [5.74, 6) is 0.344.